The first kappa shape index (κ1) is 18.9. The van der Waals surface area contributed by atoms with Gasteiger partial charge < -0.3 is 10.3 Å². The van der Waals surface area contributed by atoms with Crippen LogP contribution in [-0.4, -0.2) is 22.0 Å². The van der Waals surface area contributed by atoms with E-state index in [0.29, 0.717) is 22.4 Å². The standard InChI is InChI=1S/C19H16F3N3OS/c20-19(21,22)14-8-6-13(7-9-14)10-11-23-17(26)16-12-24-18(27)25(16)15-4-2-1-3-5-15/h1-9,12H,10-11H2,(H,23,26)(H,24,27). The Labute approximate surface area is 158 Å². The monoisotopic (exact) mass is 391 g/mol. The van der Waals surface area contributed by atoms with E-state index in [2.05, 4.69) is 10.3 Å². The fraction of sp³-hybridized carbons (Fsp3) is 0.158. The van der Waals surface area contributed by atoms with Gasteiger partial charge in [0.2, 0.25) is 0 Å². The predicted molar refractivity (Wildman–Crippen MR) is 98.4 cm³/mol. The molecule has 0 bridgehead atoms. The molecule has 3 aromatic rings. The van der Waals surface area contributed by atoms with Gasteiger partial charge in [-0.1, -0.05) is 30.3 Å². The van der Waals surface area contributed by atoms with Crippen LogP contribution in [0.1, 0.15) is 21.6 Å². The van der Waals surface area contributed by atoms with Crippen molar-refractivity contribution in [2.24, 2.45) is 0 Å². The van der Waals surface area contributed by atoms with Crippen molar-refractivity contribution in [3.05, 3.63) is 82.4 Å². The van der Waals surface area contributed by atoms with E-state index < -0.39 is 11.7 Å². The van der Waals surface area contributed by atoms with Crippen molar-refractivity contribution in [2.75, 3.05) is 6.54 Å². The van der Waals surface area contributed by atoms with Crippen LogP contribution in [0.25, 0.3) is 5.69 Å². The molecule has 27 heavy (non-hydrogen) atoms. The number of rotatable bonds is 5. The van der Waals surface area contributed by atoms with Gasteiger partial charge in [-0.2, -0.15) is 13.2 Å². The van der Waals surface area contributed by atoms with Crippen LogP contribution in [0.15, 0.2) is 60.8 Å². The number of halogens is 3. The minimum absolute atomic E-state index is 0.289. The first-order valence-corrected chi connectivity index (χ1v) is 8.57. The van der Waals surface area contributed by atoms with E-state index in [1.54, 1.807) is 4.57 Å². The molecule has 2 N–H and O–H groups in total. The van der Waals surface area contributed by atoms with Gasteiger partial charge in [-0.25, -0.2) is 0 Å². The highest BCUT2D eigenvalue weighted by molar-refractivity contribution is 7.71. The Balaban J connectivity index is 1.65. The third-order valence-electron chi connectivity index (χ3n) is 4.00. The molecular formula is C19H16F3N3OS. The zero-order chi connectivity index (χ0) is 19.4. The second-order valence-corrected chi connectivity index (χ2v) is 6.24. The molecule has 3 rings (SSSR count). The number of hydrogen-bond acceptors (Lipinski definition) is 2. The Morgan fingerprint density at radius 2 is 1.74 bits per heavy atom. The molecule has 0 aliphatic heterocycles. The zero-order valence-electron chi connectivity index (χ0n) is 14.1. The predicted octanol–water partition coefficient (Wildman–Crippen LogP) is 4.53. The topological polar surface area (TPSA) is 49.8 Å². The van der Waals surface area contributed by atoms with Gasteiger partial charge in [0, 0.05) is 18.4 Å². The summed E-state index contributed by atoms with van der Waals surface area (Å²) in [5, 5.41) is 2.77. The molecule has 4 nitrogen and oxygen atoms in total. The molecule has 1 aromatic heterocycles. The molecular weight excluding hydrogens is 375 g/mol. The summed E-state index contributed by atoms with van der Waals surface area (Å²) in [7, 11) is 0. The molecule has 1 amide bonds. The molecule has 0 saturated heterocycles. The van der Waals surface area contributed by atoms with Crippen molar-refractivity contribution in [3.8, 4) is 5.69 Å². The number of aromatic amines is 1. The summed E-state index contributed by atoms with van der Waals surface area (Å²) in [6.45, 7) is 0.289. The number of para-hydroxylation sites is 1. The number of carbonyl (C=O) groups excluding carboxylic acids is 1. The second kappa shape index (κ2) is 7.79. The van der Waals surface area contributed by atoms with Crippen LogP contribution < -0.4 is 5.32 Å². The first-order chi connectivity index (χ1) is 12.9. The minimum atomic E-state index is -4.35. The lowest BCUT2D eigenvalue weighted by Crippen LogP contribution is -2.27. The summed E-state index contributed by atoms with van der Waals surface area (Å²) >= 11 is 5.24. The first-order valence-electron chi connectivity index (χ1n) is 8.16. The smallest absolute Gasteiger partial charge is 0.350 e. The SMILES string of the molecule is O=C(NCCc1ccc(C(F)(F)F)cc1)c1c[nH]c(=S)n1-c1ccccc1. The third-order valence-corrected chi connectivity index (χ3v) is 4.30. The molecule has 0 radical (unpaired) electrons. The Bertz CT molecular complexity index is 976. The van der Waals surface area contributed by atoms with Crippen molar-refractivity contribution in [1.29, 1.82) is 0 Å². The molecule has 0 spiro atoms. The zero-order valence-corrected chi connectivity index (χ0v) is 14.9. The van der Waals surface area contributed by atoms with Crippen LogP contribution in [0.5, 0.6) is 0 Å². The van der Waals surface area contributed by atoms with Crippen LogP contribution in [0, 0.1) is 4.77 Å². The van der Waals surface area contributed by atoms with Crippen LogP contribution >= 0.6 is 12.2 Å². The lowest BCUT2D eigenvalue weighted by atomic mass is 10.1. The summed E-state index contributed by atoms with van der Waals surface area (Å²) < 4.78 is 39.7. The molecule has 0 aliphatic rings. The van der Waals surface area contributed by atoms with Gasteiger partial charge in [0.15, 0.2) is 4.77 Å². The highest BCUT2D eigenvalue weighted by atomic mass is 32.1. The number of aromatic nitrogens is 2. The Morgan fingerprint density at radius 1 is 1.07 bits per heavy atom. The van der Waals surface area contributed by atoms with Gasteiger partial charge in [-0.15, -0.1) is 0 Å². The molecule has 0 atom stereocenters. The number of carbonyl (C=O) groups is 1. The summed E-state index contributed by atoms with van der Waals surface area (Å²) in [6.07, 6.45) is -2.41. The van der Waals surface area contributed by atoms with E-state index in [-0.39, 0.29) is 12.5 Å². The molecule has 0 fully saturated rings. The Kier molecular flexibility index (Phi) is 5.46. The molecule has 8 heteroatoms. The third kappa shape index (κ3) is 4.46. The number of amides is 1. The molecule has 1 heterocycles. The normalized spacial score (nSPS) is 11.4. The molecule has 0 unspecified atom stereocenters. The molecule has 0 saturated carbocycles. The average Bonchev–Trinajstić information content (AvgIpc) is 3.03. The van der Waals surface area contributed by atoms with Crippen LogP contribution in [0.2, 0.25) is 0 Å². The number of alkyl halides is 3. The minimum Gasteiger partial charge on any atom is -0.350 e. The van der Waals surface area contributed by atoms with Crippen LogP contribution in [0.4, 0.5) is 13.2 Å². The van der Waals surface area contributed by atoms with E-state index >= 15 is 0 Å². The molecule has 2 aromatic carbocycles. The number of benzene rings is 2. The van der Waals surface area contributed by atoms with Gasteiger partial charge in [0.05, 0.1) is 5.56 Å². The number of nitrogens with one attached hydrogen (secondary N) is 2. The maximum absolute atomic E-state index is 12.6. The van der Waals surface area contributed by atoms with Crippen molar-refractivity contribution in [1.82, 2.24) is 14.9 Å². The van der Waals surface area contributed by atoms with Crippen molar-refractivity contribution < 1.29 is 18.0 Å². The molecule has 0 aliphatic carbocycles. The van der Waals surface area contributed by atoms with Crippen LogP contribution in [0.3, 0.4) is 0 Å². The lowest BCUT2D eigenvalue weighted by Gasteiger charge is -2.10. The maximum Gasteiger partial charge on any atom is 0.416 e. The average molecular weight is 391 g/mol. The number of imidazole rings is 1. The van der Waals surface area contributed by atoms with Gasteiger partial charge in [0.25, 0.3) is 5.91 Å². The number of hydrogen-bond donors (Lipinski definition) is 2. The van der Waals surface area contributed by atoms with Gasteiger partial charge in [0.1, 0.15) is 5.69 Å². The van der Waals surface area contributed by atoms with Crippen molar-refractivity contribution in [3.63, 3.8) is 0 Å². The Hall–Kier alpha value is -2.87. The quantitative estimate of drug-likeness (QED) is 0.628. The van der Waals surface area contributed by atoms with E-state index in [0.717, 1.165) is 17.8 Å². The van der Waals surface area contributed by atoms with Crippen molar-refractivity contribution in [2.45, 2.75) is 12.6 Å². The van der Waals surface area contributed by atoms with E-state index in [1.165, 1.54) is 18.3 Å². The summed E-state index contributed by atoms with van der Waals surface area (Å²) in [5.74, 6) is -0.321. The summed E-state index contributed by atoms with van der Waals surface area (Å²) in [5.41, 5.74) is 1.14. The van der Waals surface area contributed by atoms with E-state index in [1.807, 2.05) is 30.3 Å². The highest BCUT2D eigenvalue weighted by Gasteiger charge is 2.29. The molecule has 140 valence electrons. The summed E-state index contributed by atoms with van der Waals surface area (Å²) in [6, 6.07) is 14.1. The lowest BCUT2D eigenvalue weighted by molar-refractivity contribution is -0.137. The van der Waals surface area contributed by atoms with Gasteiger partial charge >= 0.3 is 6.18 Å². The largest absolute Gasteiger partial charge is 0.416 e. The van der Waals surface area contributed by atoms with Crippen LogP contribution in [-0.2, 0) is 12.6 Å². The Morgan fingerprint density at radius 3 is 2.37 bits per heavy atom. The maximum atomic E-state index is 12.6. The highest BCUT2D eigenvalue weighted by Crippen LogP contribution is 2.29. The summed E-state index contributed by atoms with van der Waals surface area (Å²) in [4.78, 5) is 15.3. The second-order valence-electron chi connectivity index (χ2n) is 5.85. The van der Waals surface area contributed by atoms with Gasteiger partial charge in [-0.3, -0.25) is 9.36 Å². The van der Waals surface area contributed by atoms with Crippen molar-refractivity contribution >= 4 is 18.1 Å². The van der Waals surface area contributed by atoms with E-state index in [4.69, 9.17) is 12.2 Å². The number of H-pyrrole nitrogens is 1. The van der Waals surface area contributed by atoms with Gasteiger partial charge in [-0.05, 0) is 48.5 Å². The fourth-order valence-electron chi connectivity index (χ4n) is 2.64. The number of nitrogens with zero attached hydrogens (tertiary/aromatic N) is 1. The van der Waals surface area contributed by atoms with E-state index in [9.17, 15) is 18.0 Å². The fourth-order valence-corrected chi connectivity index (χ4v) is 2.90.